The Kier molecular flexibility index (Phi) is 10.5. The fourth-order valence-corrected chi connectivity index (χ4v) is 8.66. The lowest BCUT2D eigenvalue weighted by Crippen LogP contribution is -2.40. The van der Waals surface area contributed by atoms with E-state index >= 15 is 0 Å². The van der Waals surface area contributed by atoms with Crippen molar-refractivity contribution >= 4 is 23.1 Å². The van der Waals surface area contributed by atoms with E-state index in [9.17, 15) is 15.0 Å². The molecular weight excluding hydrogens is 731 g/mol. The number of likely N-dealkylation sites (tertiary alicyclic amines) is 1. The van der Waals surface area contributed by atoms with E-state index in [0.29, 0.717) is 37.1 Å². The number of aromatic nitrogens is 5. The summed E-state index contributed by atoms with van der Waals surface area (Å²) < 4.78 is 10.2. The van der Waals surface area contributed by atoms with Crippen molar-refractivity contribution in [1.82, 2.24) is 39.1 Å². The number of aryl methyl sites for hydroxylation is 1. The first kappa shape index (κ1) is 37.6. The maximum atomic E-state index is 13.5. The highest BCUT2D eigenvalue weighted by atomic mass is 16.5. The lowest BCUT2D eigenvalue weighted by atomic mass is 9.95. The maximum absolute atomic E-state index is 13.5. The Morgan fingerprint density at radius 2 is 1.71 bits per heavy atom. The Morgan fingerprint density at radius 1 is 0.879 bits per heavy atom. The molecule has 10 rings (SSSR count). The van der Waals surface area contributed by atoms with Crippen LogP contribution in [0, 0.1) is 5.92 Å². The molecule has 4 aliphatic rings. The third kappa shape index (κ3) is 8.09. The molecule has 7 heterocycles. The van der Waals surface area contributed by atoms with Crippen molar-refractivity contribution in [3.8, 4) is 28.5 Å². The third-order valence-electron chi connectivity index (χ3n) is 11.9. The predicted octanol–water partition coefficient (Wildman–Crippen LogP) is 7.02. The molecule has 0 unspecified atom stereocenters. The number of phenols is 2. The van der Waals surface area contributed by atoms with Gasteiger partial charge >= 0.3 is 0 Å². The first-order chi connectivity index (χ1) is 28.2. The van der Waals surface area contributed by atoms with Crippen LogP contribution in [0.15, 0.2) is 85.3 Å². The molecule has 13 nitrogen and oxygen atoms in total. The van der Waals surface area contributed by atoms with Crippen molar-refractivity contribution in [2.75, 3.05) is 44.6 Å². The minimum atomic E-state index is -0.220. The van der Waals surface area contributed by atoms with Crippen molar-refractivity contribution in [2.45, 2.75) is 65.2 Å². The highest BCUT2D eigenvalue weighted by Crippen LogP contribution is 2.35. The summed E-state index contributed by atoms with van der Waals surface area (Å²) >= 11 is 0. The van der Waals surface area contributed by atoms with Crippen LogP contribution in [0.1, 0.15) is 71.6 Å². The number of anilines is 2. The summed E-state index contributed by atoms with van der Waals surface area (Å²) in [6.07, 6.45) is 8.93. The van der Waals surface area contributed by atoms with E-state index in [1.807, 2.05) is 59.8 Å². The topological polar surface area (TPSA) is 137 Å². The molecule has 300 valence electrons. The van der Waals surface area contributed by atoms with Gasteiger partial charge in [-0.25, -0.2) is 9.50 Å². The summed E-state index contributed by atoms with van der Waals surface area (Å²) in [6, 6.07) is 21.9. The molecule has 3 aromatic heterocycles. The molecular formula is C45H51N9O4. The summed E-state index contributed by atoms with van der Waals surface area (Å²) in [4.78, 5) is 24.9. The molecule has 0 spiro atoms. The average molecular weight is 782 g/mol. The van der Waals surface area contributed by atoms with Gasteiger partial charge in [-0.15, -0.1) is 5.10 Å². The molecule has 13 heteroatoms. The second-order valence-corrected chi connectivity index (χ2v) is 16.3. The van der Waals surface area contributed by atoms with Crippen molar-refractivity contribution in [3.63, 3.8) is 0 Å². The Balaban J connectivity index is 0.804. The lowest BCUT2D eigenvalue weighted by molar-refractivity contribution is 0.0748. The Hall–Kier alpha value is -5.92. The number of ether oxygens (including phenoxy) is 1. The number of aromatic hydroxyl groups is 2. The fraction of sp³-hybridized carbons (Fsp3) is 0.378. The van der Waals surface area contributed by atoms with Crippen LogP contribution < -0.4 is 10.1 Å². The number of hydrogen-bond donors (Lipinski definition) is 3. The third-order valence-corrected chi connectivity index (χ3v) is 11.9. The SMILES string of the molecule is CC(C)c1cc(C(=O)N2Cc3ccc(CN4CCC(CN5CCCn6cc(cn6)Nc6ncc7ccc(n7n6)-c6ccc(cc6)OCC5)CC4)cc3C2)c(O)cc1O. The molecule has 0 aliphatic carbocycles. The van der Waals surface area contributed by atoms with Gasteiger partial charge in [-0.1, -0.05) is 32.0 Å². The summed E-state index contributed by atoms with van der Waals surface area (Å²) in [5, 5.41) is 33.5. The first-order valence-electron chi connectivity index (χ1n) is 20.5. The van der Waals surface area contributed by atoms with Gasteiger partial charge in [-0.3, -0.25) is 19.3 Å². The normalized spacial score (nSPS) is 16.9. The van der Waals surface area contributed by atoms with E-state index in [4.69, 9.17) is 9.84 Å². The van der Waals surface area contributed by atoms with Crippen LogP contribution in [0.4, 0.5) is 11.6 Å². The fourth-order valence-electron chi connectivity index (χ4n) is 8.66. The van der Waals surface area contributed by atoms with Gasteiger partial charge in [0, 0.05) is 63.6 Å². The molecule has 1 amide bonds. The summed E-state index contributed by atoms with van der Waals surface area (Å²) in [7, 11) is 0. The van der Waals surface area contributed by atoms with Crippen molar-refractivity contribution in [3.05, 3.63) is 113 Å². The van der Waals surface area contributed by atoms with E-state index in [1.54, 1.807) is 11.0 Å². The molecule has 0 saturated carbocycles. The number of carbonyl (C=O) groups excluding carboxylic acids is 1. The van der Waals surface area contributed by atoms with E-state index in [2.05, 4.69) is 61.6 Å². The molecule has 0 atom stereocenters. The summed E-state index contributed by atoms with van der Waals surface area (Å²) in [5.74, 6) is 1.62. The quantitative estimate of drug-likeness (QED) is 0.162. The van der Waals surface area contributed by atoms with Crippen molar-refractivity contribution in [1.29, 1.82) is 0 Å². The van der Waals surface area contributed by atoms with Gasteiger partial charge in [0.05, 0.1) is 34.9 Å². The average Bonchev–Trinajstić information content (AvgIpc) is 3.97. The van der Waals surface area contributed by atoms with Crippen molar-refractivity contribution in [2.24, 2.45) is 5.92 Å². The van der Waals surface area contributed by atoms with Gasteiger partial charge in [-0.2, -0.15) is 5.10 Å². The number of fused-ring (bicyclic) bond motifs is 9. The van der Waals surface area contributed by atoms with Gasteiger partial charge < -0.3 is 25.2 Å². The van der Waals surface area contributed by atoms with Crippen LogP contribution in [-0.2, 0) is 26.2 Å². The number of rotatable bonds is 6. The monoisotopic (exact) mass is 781 g/mol. The van der Waals surface area contributed by atoms with Gasteiger partial charge in [-0.05, 0) is 109 Å². The molecule has 1 saturated heterocycles. The Bertz CT molecular complexity index is 2420. The molecule has 58 heavy (non-hydrogen) atoms. The highest BCUT2D eigenvalue weighted by Gasteiger charge is 2.28. The first-order valence-corrected chi connectivity index (χ1v) is 20.5. The van der Waals surface area contributed by atoms with E-state index in [-0.39, 0.29) is 28.9 Å². The number of nitrogens with one attached hydrogen (secondary N) is 1. The zero-order chi connectivity index (χ0) is 39.8. The van der Waals surface area contributed by atoms with Crippen LogP contribution in [0.25, 0.3) is 16.8 Å². The molecule has 4 aliphatic heterocycles. The zero-order valence-corrected chi connectivity index (χ0v) is 33.2. The van der Waals surface area contributed by atoms with Crippen LogP contribution in [0.5, 0.6) is 17.2 Å². The van der Waals surface area contributed by atoms with Gasteiger partial charge in [0.15, 0.2) is 0 Å². The number of carbonyl (C=O) groups is 1. The standard InChI is InChI=1S/C45H51N9O4/c1-30(2)39-21-40(43(56)22-42(39)55)44(57)52-27-34-5-4-32(20-35(34)28-52)26-51-16-12-31(13-17-51)25-50-14-3-15-53-29-36(23-47-53)48-45-46-24-37-8-11-41(54(37)49-45)33-6-9-38(10-7-33)58-19-18-50/h4-11,20-24,29-31,55-56H,3,12-19,25-28H2,1-2H3,(H,48,49). The Labute approximate surface area is 338 Å². The number of benzene rings is 3. The number of amides is 1. The molecule has 0 radical (unpaired) electrons. The summed E-state index contributed by atoms with van der Waals surface area (Å²) in [6.45, 7) is 12.2. The predicted molar refractivity (Wildman–Crippen MR) is 222 cm³/mol. The number of piperidine rings is 1. The lowest BCUT2D eigenvalue weighted by Gasteiger charge is -2.35. The highest BCUT2D eigenvalue weighted by molar-refractivity contribution is 5.97. The van der Waals surface area contributed by atoms with Gasteiger partial charge in [0.25, 0.3) is 5.91 Å². The minimum absolute atomic E-state index is 0.0121. The summed E-state index contributed by atoms with van der Waals surface area (Å²) in [5.41, 5.74) is 8.27. The molecule has 1 fully saturated rings. The molecule has 6 aromatic rings. The number of hydrogen-bond acceptors (Lipinski definition) is 10. The van der Waals surface area contributed by atoms with E-state index in [0.717, 1.165) is 104 Å². The zero-order valence-electron chi connectivity index (χ0n) is 33.2. The second kappa shape index (κ2) is 16.1. The largest absolute Gasteiger partial charge is 0.508 e. The van der Waals surface area contributed by atoms with E-state index < -0.39 is 0 Å². The maximum Gasteiger partial charge on any atom is 0.258 e. The van der Waals surface area contributed by atoms with Crippen LogP contribution in [0.3, 0.4) is 0 Å². The minimum Gasteiger partial charge on any atom is -0.508 e. The smallest absolute Gasteiger partial charge is 0.258 e. The number of phenolic OH excluding ortho intramolecular Hbond substituents is 2. The molecule has 3 aromatic carbocycles. The van der Waals surface area contributed by atoms with Crippen LogP contribution in [-0.4, -0.2) is 94.5 Å². The van der Waals surface area contributed by atoms with Crippen molar-refractivity contribution < 1.29 is 19.7 Å². The van der Waals surface area contributed by atoms with E-state index in [1.165, 1.54) is 11.6 Å². The molecule has 6 bridgehead atoms. The second-order valence-electron chi connectivity index (χ2n) is 16.3. The van der Waals surface area contributed by atoms with Crippen LogP contribution in [0.2, 0.25) is 0 Å². The van der Waals surface area contributed by atoms with Crippen LogP contribution >= 0.6 is 0 Å². The van der Waals surface area contributed by atoms with Gasteiger partial charge in [0.2, 0.25) is 5.95 Å². The number of nitrogens with zero attached hydrogens (tertiary/aromatic N) is 8. The van der Waals surface area contributed by atoms with Gasteiger partial charge in [0.1, 0.15) is 23.9 Å². The molecule has 3 N–H and O–H groups in total. The Morgan fingerprint density at radius 3 is 2.53 bits per heavy atom.